The van der Waals surface area contributed by atoms with Gasteiger partial charge in [-0.05, 0) is 25.3 Å². The fourth-order valence-electron chi connectivity index (χ4n) is 2.11. The van der Waals surface area contributed by atoms with E-state index in [4.69, 9.17) is 5.73 Å². The van der Waals surface area contributed by atoms with E-state index in [1.807, 2.05) is 0 Å². The van der Waals surface area contributed by atoms with Crippen LogP contribution in [0.5, 0.6) is 0 Å². The van der Waals surface area contributed by atoms with Gasteiger partial charge in [0.05, 0.1) is 5.41 Å². The molecule has 2 fully saturated rings. The zero-order valence-electron chi connectivity index (χ0n) is 5.89. The number of rotatable bonds is 1. The molecule has 2 aliphatic rings. The number of hydrogen-bond donors (Lipinski definition) is 2. The van der Waals surface area contributed by atoms with Crippen LogP contribution in [0.3, 0.4) is 0 Å². The summed E-state index contributed by atoms with van der Waals surface area (Å²) < 4.78 is 0. The lowest BCUT2D eigenvalue weighted by Crippen LogP contribution is -2.49. The molecule has 3 nitrogen and oxygen atoms in total. The van der Waals surface area contributed by atoms with Crippen molar-refractivity contribution in [2.24, 2.45) is 17.1 Å². The van der Waals surface area contributed by atoms with E-state index in [-0.39, 0.29) is 11.3 Å². The van der Waals surface area contributed by atoms with Crippen LogP contribution in [0.4, 0.5) is 0 Å². The summed E-state index contributed by atoms with van der Waals surface area (Å²) in [7, 11) is 0. The molecule has 0 aromatic carbocycles. The zero-order valence-corrected chi connectivity index (χ0v) is 5.89. The number of nitrogens with one attached hydrogen (secondary N) is 1. The molecule has 1 saturated carbocycles. The number of fused-ring (bicyclic) bond motifs is 1. The molecular formula is C7H12N2O. The largest absolute Gasteiger partial charge is 0.369 e. The summed E-state index contributed by atoms with van der Waals surface area (Å²) in [5.41, 5.74) is 5.16. The van der Waals surface area contributed by atoms with Crippen LogP contribution in [0.1, 0.15) is 12.8 Å². The Kier molecular flexibility index (Phi) is 1.06. The quantitative estimate of drug-likeness (QED) is 0.514. The van der Waals surface area contributed by atoms with Crippen molar-refractivity contribution < 1.29 is 4.79 Å². The second kappa shape index (κ2) is 1.72. The average molecular weight is 140 g/mol. The Bertz CT molecular complexity index is 180. The summed E-state index contributed by atoms with van der Waals surface area (Å²) >= 11 is 0. The fraction of sp³-hybridized carbons (Fsp3) is 0.857. The molecule has 2 rings (SSSR count). The topological polar surface area (TPSA) is 55.1 Å². The number of carbonyl (C=O) groups excluding carboxylic acids is 1. The first-order valence-electron chi connectivity index (χ1n) is 3.76. The van der Waals surface area contributed by atoms with Crippen molar-refractivity contribution in [2.75, 3.05) is 13.1 Å². The van der Waals surface area contributed by atoms with Crippen molar-refractivity contribution in [2.45, 2.75) is 12.8 Å². The molecule has 2 unspecified atom stereocenters. The van der Waals surface area contributed by atoms with Crippen LogP contribution in [0, 0.1) is 11.3 Å². The van der Waals surface area contributed by atoms with Crippen molar-refractivity contribution in [1.29, 1.82) is 0 Å². The SMILES string of the molecule is NC(=O)C12CCC1CNC2. The second-order valence-electron chi connectivity index (χ2n) is 3.39. The third kappa shape index (κ3) is 0.515. The molecule has 1 aliphatic heterocycles. The van der Waals surface area contributed by atoms with Crippen LogP contribution in [-0.4, -0.2) is 19.0 Å². The van der Waals surface area contributed by atoms with Crippen LogP contribution < -0.4 is 11.1 Å². The molecule has 1 aliphatic carbocycles. The van der Waals surface area contributed by atoms with Gasteiger partial charge in [-0.3, -0.25) is 4.79 Å². The molecule has 3 heteroatoms. The van der Waals surface area contributed by atoms with Gasteiger partial charge in [-0.2, -0.15) is 0 Å². The lowest BCUT2D eigenvalue weighted by atomic mass is 9.62. The zero-order chi connectivity index (χ0) is 7.19. The Morgan fingerprint density at radius 2 is 2.50 bits per heavy atom. The van der Waals surface area contributed by atoms with Gasteiger partial charge in [0.2, 0.25) is 5.91 Å². The van der Waals surface area contributed by atoms with Gasteiger partial charge in [0.25, 0.3) is 0 Å². The van der Waals surface area contributed by atoms with E-state index >= 15 is 0 Å². The average Bonchev–Trinajstić information content (AvgIpc) is 2.09. The van der Waals surface area contributed by atoms with Gasteiger partial charge >= 0.3 is 0 Å². The predicted octanol–water partition coefficient (Wildman–Crippen LogP) is -0.529. The highest BCUT2D eigenvalue weighted by Crippen LogP contribution is 2.48. The van der Waals surface area contributed by atoms with E-state index in [0.29, 0.717) is 5.92 Å². The monoisotopic (exact) mass is 140 g/mol. The van der Waals surface area contributed by atoms with Crippen molar-refractivity contribution in [3.63, 3.8) is 0 Å². The molecule has 2 atom stereocenters. The molecule has 0 spiro atoms. The fourth-order valence-corrected chi connectivity index (χ4v) is 2.11. The minimum Gasteiger partial charge on any atom is -0.369 e. The maximum absolute atomic E-state index is 11.0. The highest BCUT2D eigenvalue weighted by Gasteiger charge is 2.54. The van der Waals surface area contributed by atoms with E-state index < -0.39 is 0 Å². The summed E-state index contributed by atoms with van der Waals surface area (Å²) in [4.78, 5) is 11.0. The smallest absolute Gasteiger partial charge is 0.225 e. The number of primary amides is 1. The minimum absolute atomic E-state index is 0.103. The molecule has 3 N–H and O–H groups in total. The molecule has 1 heterocycles. The molecule has 1 amide bonds. The van der Waals surface area contributed by atoms with Crippen molar-refractivity contribution in [3.05, 3.63) is 0 Å². The van der Waals surface area contributed by atoms with E-state index in [2.05, 4.69) is 5.32 Å². The van der Waals surface area contributed by atoms with E-state index in [9.17, 15) is 4.79 Å². The third-order valence-electron chi connectivity index (χ3n) is 3.04. The molecule has 10 heavy (non-hydrogen) atoms. The first-order valence-corrected chi connectivity index (χ1v) is 3.76. The number of carbonyl (C=O) groups is 1. The molecule has 0 aromatic heterocycles. The number of amides is 1. The van der Waals surface area contributed by atoms with Crippen molar-refractivity contribution in [1.82, 2.24) is 5.32 Å². The van der Waals surface area contributed by atoms with Crippen LogP contribution in [-0.2, 0) is 4.79 Å². The van der Waals surface area contributed by atoms with Crippen LogP contribution >= 0.6 is 0 Å². The molecular weight excluding hydrogens is 128 g/mol. The van der Waals surface area contributed by atoms with Gasteiger partial charge in [-0.15, -0.1) is 0 Å². The maximum atomic E-state index is 11.0. The second-order valence-corrected chi connectivity index (χ2v) is 3.39. The molecule has 56 valence electrons. The summed E-state index contributed by atoms with van der Waals surface area (Å²) in [5, 5.41) is 3.21. The van der Waals surface area contributed by atoms with Crippen LogP contribution in [0.25, 0.3) is 0 Å². The molecule has 0 aromatic rings. The van der Waals surface area contributed by atoms with E-state index in [0.717, 1.165) is 19.5 Å². The first-order chi connectivity index (χ1) is 4.76. The minimum atomic E-state index is -0.139. The normalized spacial score (nSPS) is 44.2. The summed E-state index contributed by atoms with van der Waals surface area (Å²) in [6.45, 7) is 1.80. The molecule has 1 saturated heterocycles. The Labute approximate surface area is 60.0 Å². The van der Waals surface area contributed by atoms with Gasteiger partial charge in [0.1, 0.15) is 0 Å². The van der Waals surface area contributed by atoms with Gasteiger partial charge in [-0.1, -0.05) is 0 Å². The summed E-state index contributed by atoms with van der Waals surface area (Å²) in [6.07, 6.45) is 2.18. The maximum Gasteiger partial charge on any atom is 0.225 e. The third-order valence-corrected chi connectivity index (χ3v) is 3.04. The summed E-state index contributed by atoms with van der Waals surface area (Å²) in [6, 6.07) is 0. The molecule has 0 radical (unpaired) electrons. The lowest BCUT2D eigenvalue weighted by Gasteiger charge is -2.40. The van der Waals surface area contributed by atoms with Crippen LogP contribution in [0.15, 0.2) is 0 Å². The standard InChI is InChI=1S/C7H12N2O/c8-6(10)7-2-1-5(7)3-9-4-7/h5,9H,1-4H2,(H2,8,10). The van der Waals surface area contributed by atoms with Gasteiger partial charge in [-0.25, -0.2) is 0 Å². The first kappa shape index (κ1) is 6.16. The lowest BCUT2D eigenvalue weighted by molar-refractivity contribution is -0.134. The Morgan fingerprint density at radius 1 is 1.70 bits per heavy atom. The number of hydrogen-bond acceptors (Lipinski definition) is 2. The van der Waals surface area contributed by atoms with E-state index in [1.165, 1.54) is 6.42 Å². The van der Waals surface area contributed by atoms with Crippen molar-refractivity contribution >= 4 is 5.91 Å². The van der Waals surface area contributed by atoms with Gasteiger partial charge in [0.15, 0.2) is 0 Å². The summed E-state index contributed by atoms with van der Waals surface area (Å²) in [5.74, 6) is 0.443. The number of nitrogens with two attached hydrogens (primary N) is 1. The Balaban J connectivity index is 2.21. The highest BCUT2D eigenvalue weighted by molar-refractivity contribution is 5.83. The van der Waals surface area contributed by atoms with Crippen LogP contribution in [0.2, 0.25) is 0 Å². The highest BCUT2D eigenvalue weighted by atomic mass is 16.1. The predicted molar refractivity (Wildman–Crippen MR) is 37.2 cm³/mol. The van der Waals surface area contributed by atoms with Gasteiger partial charge in [0, 0.05) is 6.54 Å². The Morgan fingerprint density at radius 3 is 2.80 bits per heavy atom. The molecule has 0 bridgehead atoms. The van der Waals surface area contributed by atoms with Gasteiger partial charge < -0.3 is 11.1 Å². The Hall–Kier alpha value is -0.570. The van der Waals surface area contributed by atoms with Crippen molar-refractivity contribution in [3.8, 4) is 0 Å². The van der Waals surface area contributed by atoms with E-state index in [1.54, 1.807) is 0 Å².